The molecule has 0 amide bonds. The van der Waals surface area contributed by atoms with Crippen LogP contribution in [0.5, 0.6) is 0 Å². The zero-order valence-electron chi connectivity index (χ0n) is 11.7. The highest BCUT2D eigenvalue weighted by atomic mass is 35.5. The zero-order valence-corrected chi connectivity index (χ0v) is 14.0. The van der Waals surface area contributed by atoms with E-state index >= 15 is 0 Å². The number of piperazine rings is 1. The lowest BCUT2D eigenvalue weighted by Gasteiger charge is -2.34. The molecule has 0 aliphatic carbocycles. The average molecular weight is 355 g/mol. The Balaban J connectivity index is 2.00. The van der Waals surface area contributed by atoms with Crippen LogP contribution in [0.2, 0.25) is 10.0 Å². The fourth-order valence-electron chi connectivity index (χ4n) is 2.28. The maximum Gasteiger partial charge on any atom is 0.213 e. The summed E-state index contributed by atoms with van der Waals surface area (Å²) in [4.78, 5) is 2.08. The first-order valence-electron chi connectivity index (χ1n) is 6.67. The Morgan fingerprint density at radius 2 is 1.76 bits per heavy atom. The summed E-state index contributed by atoms with van der Waals surface area (Å²) in [6, 6.07) is 2.90. The largest absolute Gasteiger partial charge is 0.296 e. The molecule has 1 aromatic carbocycles. The SMILES string of the molecule is CCS(=O)(=O)N1CCN(Cc2ccc(F)c(Cl)c2Cl)CC1. The molecular formula is C13H17Cl2FN2O2S. The summed E-state index contributed by atoms with van der Waals surface area (Å²) < 4.78 is 38.3. The Morgan fingerprint density at radius 1 is 1.14 bits per heavy atom. The molecule has 0 saturated carbocycles. The van der Waals surface area contributed by atoms with E-state index in [0.717, 1.165) is 5.56 Å². The second-order valence-corrected chi connectivity index (χ2v) is 7.92. The fraction of sp³-hybridized carbons (Fsp3) is 0.538. The van der Waals surface area contributed by atoms with Gasteiger partial charge in [0, 0.05) is 32.7 Å². The Hall–Kier alpha value is -0.400. The van der Waals surface area contributed by atoms with E-state index in [2.05, 4.69) is 4.90 Å². The summed E-state index contributed by atoms with van der Waals surface area (Å²) in [5.74, 6) is -0.420. The van der Waals surface area contributed by atoms with E-state index in [0.29, 0.717) is 32.7 Å². The Morgan fingerprint density at radius 3 is 2.33 bits per heavy atom. The summed E-state index contributed by atoms with van der Waals surface area (Å²) >= 11 is 11.8. The molecule has 21 heavy (non-hydrogen) atoms. The Bertz CT molecular complexity index is 617. The molecule has 0 atom stereocenters. The normalized spacial score (nSPS) is 18.1. The van der Waals surface area contributed by atoms with Crippen LogP contribution in [0.15, 0.2) is 12.1 Å². The van der Waals surface area contributed by atoms with Gasteiger partial charge in [0.25, 0.3) is 0 Å². The molecule has 1 aromatic rings. The first kappa shape index (κ1) is 17.0. The summed E-state index contributed by atoms with van der Waals surface area (Å²) in [6.07, 6.45) is 0. The van der Waals surface area contributed by atoms with Gasteiger partial charge in [-0.2, -0.15) is 4.31 Å². The lowest BCUT2D eigenvalue weighted by Crippen LogP contribution is -2.48. The molecule has 0 aromatic heterocycles. The molecule has 0 spiro atoms. The van der Waals surface area contributed by atoms with Crippen molar-refractivity contribution in [2.24, 2.45) is 0 Å². The van der Waals surface area contributed by atoms with Gasteiger partial charge in [-0.1, -0.05) is 29.3 Å². The van der Waals surface area contributed by atoms with Gasteiger partial charge in [0.05, 0.1) is 15.8 Å². The van der Waals surface area contributed by atoms with Crippen LogP contribution in [0.25, 0.3) is 0 Å². The third kappa shape index (κ3) is 3.87. The van der Waals surface area contributed by atoms with E-state index in [9.17, 15) is 12.8 Å². The third-order valence-electron chi connectivity index (χ3n) is 3.60. The minimum Gasteiger partial charge on any atom is -0.296 e. The van der Waals surface area contributed by atoms with E-state index in [4.69, 9.17) is 23.2 Å². The number of hydrogen-bond acceptors (Lipinski definition) is 3. The molecule has 1 aliphatic heterocycles. The van der Waals surface area contributed by atoms with Crippen LogP contribution in [0.3, 0.4) is 0 Å². The molecule has 2 rings (SSSR count). The predicted octanol–water partition coefficient (Wildman–Crippen LogP) is 2.60. The van der Waals surface area contributed by atoms with Gasteiger partial charge in [-0.15, -0.1) is 0 Å². The molecule has 1 aliphatic rings. The van der Waals surface area contributed by atoms with Crippen molar-refractivity contribution in [1.29, 1.82) is 0 Å². The minimum atomic E-state index is -3.13. The number of benzene rings is 1. The van der Waals surface area contributed by atoms with Gasteiger partial charge in [0.15, 0.2) is 0 Å². The van der Waals surface area contributed by atoms with E-state index in [-0.39, 0.29) is 15.8 Å². The van der Waals surface area contributed by atoms with Crippen molar-refractivity contribution in [3.05, 3.63) is 33.6 Å². The van der Waals surface area contributed by atoms with Crippen molar-refractivity contribution in [1.82, 2.24) is 9.21 Å². The maximum atomic E-state index is 13.3. The summed E-state index contributed by atoms with van der Waals surface area (Å²) in [7, 11) is -3.13. The lowest BCUT2D eigenvalue weighted by molar-refractivity contribution is 0.181. The van der Waals surface area contributed by atoms with Crippen LogP contribution >= 0.6 is 23.2 Å². The number of hydrogen-bond donors (Lipinski definition) is 0. The summed E-state index contributed by atoms with van der Waals surface area (Å²) in [6.45, 7) is 4.32. The number of sulfonamides is 1. The van der Waals surface area contributed by atoms with Gasteiger partial charge >= 0.3 is 0 Å². The Kier molecular flexibility index (Phi) is 5.48. The van der Waals surface area contributed by atoms with Gasteiger partial charge in [-0.05, 0) is 18.6 Å². The molecule has 118 valence electrons. The van der Waals surface area contributed by atoms with Crippen LogP contribution in [-0.4, -0.2) is 49.6 Å². The van der Waals surface area contributed by atoms with Crippen molar-refractivity contribution in [3.63, 3.8) is 0 Å². The summed E-state index contributed by atoms with van der Waals surface area (Å²) in [5.41, 5.74) is 0.745. The van der Waals surface area contributed by atoms with Gasteiger partial charge < -0.3 is 0 Å². The van der Waals surface area contributed by atoms with Crippen LogP contribution in [0.4, 0.5) is 4.39 Å². The topological polar surface area (TPSA) is 40.6 Å². The molecular weight excluding hydrogens is 338 g/mol. The lowest BCUT2D eigenvalue weighted by atomic mass is 10.2. The van der Waals surface area contributed by atoms with Crippen molar-refractivity contribution < 1.29 is 12.8 Å². The van der Waals surface area contributed by atoms with Crippen molar-refractivity contribution in [2.45, 2.75) is 13.5 Å². The van der Waals surface area contributed by atoms with Gasteiger partial charge in [0.2, 0.25) is 10.0 Å². The summed E-state index contributed by atoms with van der Waals surface area (Å²) in [5, 5.41) is 0.154. The van der Waals surface area contributed by atoms with E-state index in [1.807, 2.05) is 0 Å². The molecule has 0 unspecified atom stereocenters. The standard InChI is InChI=1S/C13H17Cl2FN2O2S/c1-2-21(19,20)18-7-5-17(6-8-18)9-10-3-4-11(16)13(15)12(10)14/h3-4H,2,5-9H2,1H3. The predicted molar refractivity (Wildman–Crippen MR) is 82.7 cm³/mol. The smallest absolute Gasteiger partial charge is 0.213 e. The first-order chi connectivity index (χ1) is 9.85. The molecule has 1 heterocycles. The second-order valence-electron chi connectivity index (χ2n) is 4.91. The fourth-order valence-corrected chi connectivity index (χ4v) is 3.76. The molecule has 0 N–H and O–H groups in total. The number of halogens is 3. The number of nitrogens with zero attached hydrogens (tertiary/aromatic N) is 2. The molecule has 8 heteroatoms. The van der Waals surface area contributed by atoms with Gasteiger partial charge in [-0.3, -0.25) is 4.90 Å². The molecule has 0 bridgehead atoms. The second kappa shape index (κ2) is 6.79. The maximum absolute atomic E-state index is 13.3. The van der Waals surface area contributed by atoms with Crippen LogP contribution in [0, 0.1) is 5.82 Å². The van der Waals surface area contributed by atoms with Crippen LogP contribution in [-0.2, 0) is 16.6 Å². The molecule has 0 radical (unpaired) electrons. The third-order valence-corrected chi connectivity index (χ3v) is 6.38. The molecule has 4 nitrogen and oxygen atoms in total. The van der Waals surface area contributed by atoms with Crippen molar-refractivity contribution in [2.75, 3.05) is 31.9 Å². The number of rotatable bonds is 4. The van der Waals surface area contributed by atoms with E-state index in [1.54, 1.807) is 13.0 Å². The van der Waals surface area contributed by atoms with Crippen molar-refractivity contribution >= 4 is 33.2 Å². The van der Waals surface area contributed by atoms with Crippen LogP contribution in [0.1, 0.15) is 12.5 Å². The van der Waals surface area contributed by atoms with Crippen LogP contribution < -0.4 is 0 Å². The zero-order chi connectivity index (χ0) is 15.6. The highest BCUT2D eigenvalue weighted by molar-refractivity contribution is 7.89. The molecule has 1 fully saturated rings. The highest BCUT2D eigenvalue weighted by Gasteiger charge is 2.25. The average Bonchev–Trinajstić information content (AvgIpc) is 2.48. The van der Waals surface area contributed by atoms with E-state index in [1.165, 1.54) is 10.4 Å². The highest BCUT2D eigenvalue weighted by Crippen LogP contribution is 2.29. The van der Waals surface area contributed by atoms with E-state index < -0.39 is 15.8 Å². The van der Waals surface area contributed by atoms with Gasteiger partial charge in [0.1, 0.15) is 5.82 Å². The van der Waals surface area contributed by atoms with Crippen molar-refractivity contribution in [3.8, 4) is 0 Å². The molecule has 1 saturated heterocycles. The first-order valence-corrected chi connectivity index (χ1v) is 9.04. The van der Waals surface area contributed by atoms with Gasteiger partial charge in [-0.25, -0.2) is 12.8 Å². The Labute approximate surface area is 134 Å². The quantitative estimate of drug-likeness (QED) is 0.780. The monoisotopic (exact) mass is 354 g/mol. The minimum absolute atomic E-state index is 0.0682.